The van der Waals surface area contributed by atoms with Gasteiger partial charge in [0.25, 0.3) is 5.91 Å². The van der Waals surface area contributed by atoms with Crippen molar-refractivity contribution < 1.29 is 36.9 Å². The average Bonchev–Trinajstić information content (AvgIpc) is 3.52. The van der Waals surface area contributed by atoms with Crippen LogP contribution in [0.2, 0.25) is 0 Å². The summed E-state index contributed by atoms with van der Waals surface area (Å²) in [5.41, 5.74) is 0.839. The molecule has 240 valence electrons. The van der Waals surface area contributed by atoms with Crippen molar-refractivity contribution in [3.63, 3.8) is 0 Å². The number of hydrogen-bond acceptors (Lipinski definition) is 8. The predicted octanol–water partition coefficient (Wildman–Crippen LogP) is 6.16. The predicted molar refractivity (Wildman–Crippen MR) is 164 cm³/mol. The van der Waals surface area contributed by atoms with Crippen molar-refractivity contribution in [2.75, 3.05) is 26.8 Å². The van der Waals surface area contributed by atoms with Crippen molar-refractivity contribution in [2.24, 2.45) is 0 Å². The Bertz CT molecular complexity index is 1720. The fourth-order valence-electron chi connectivity index (χ4n) is 5.84. The highest BCUT2D eigenvalue weighted by molar-refractivity contribution is 9.10. The number of hydrogen-bond donors (Lipinski definition) is 0. The van der Waals surface area contributed by atoms with Gasteiger partial charge in [0.1, 0.15) is 35.5 Å². The summed E-state index contributed by atoms with van der Waals surface area (Å²) < 4.78 is 69.5. The lowest BCUT2D eigenvalue weighted by molar-refractivity contribution is -0.308. The highest BCUT2D eigenvalue weighted by Crippen LogP contribution is 2.45. The van der Waals surface area contributed by atoms with E-state index < -0.39 is 53.5 Å². The Hall–Kier alpha value is -3.27. The molecule has 3 saturated heterocycles. The lowest BCUT2D eigenvalue weighted by Crippen LogP contribution is -2.59. The molecular weight excluding hydrogens is 689 g/mol. The third kappa shape index (κ3) is 5.98. The summed E-state index contributed by atoms with van der Waals surface area (Å²) in [6.45, 7) is 1.60. The summed E-state index contributed by atoms with van der Waals surface area (Å²) in [6, 6.07) is 16.0. The van der Waals surface area contributed by atoms with Gasteiger partial charge in [0, 0.05) is 40.7 Å². The molecule has 1 amide bonds. The Labute approximate surface area is 275 Å². The van der Waals surface area contributed by atoms with E-state index in [0.717, 1.165) is 28.6 Å². The maximum Gasteiger partial charge on any atom is 0.254 e. The second-order valence-electron chi connectivity index (χ2n) is 11.2. The zero-order valence-electron chi connectivity index (χ0n) is 24.4. The number of ether oxygens (including phenoxy) is 4. The largest absolute Gasteiger partial charge is 0.375 e. The lowest BCUT2D eigenvalue weighted by atomic mass is 9.95. The van der Waals surface area contributed by atoms with E-state index in [4.69, 9.17) is 18.9 Å². The van der Waals surface area contributed by atoms with Crippen LogP contribution in [0.3, 0.4) is 0 Å². The summed E-state index contributed by atoms with van der Waals surface area (Å²) in [5, 5.41) is 8.48. The number of aromatic nitrogens is 3. The highest BCUT2D eigenvalue weighted by Gasteiger charge is 2.52. The number of rotatable bonds is 7. The standard InChI is InChI=1S/C32H28BrF3N4O5S/c1-42-29-27(40-15-23(37-38-40)18-12-21(34)26(36)22(35)13-18)28-24(16-43-31(45-28)17-6-3-2-4-7-17)44-32(29)46-25-14-19(33)8-9-20(25)30(41)39-10-5-11-39/h2-4,6-9,12-15,24,27-29,31-32H,5,10-11,16H2,1H3/t24?,27?,28-,29?,31?,32+/m0/s1. The van der Waals surface area contributed by atoms with Crippen LogP contribution in [-0.2, 0) is 18.9 Å². The van der Waals surface area contributed by atoms with E-state index in [1.54, 1.807) is 18.1 Å². The van der Waals surface area contributed by atoms with Gasteiger partial charge in [-0.3, -0.25) is 4.79 Å². The van der Waals surface area contributed by atoms with Gasteiger partial charge in [0.2, 0.25) is 0 Å². The first kappa shape index (κ1) is 31.3. The molecule has 3 aliphatic rings. The van der Waals surface area contributed by atoms with Gasteiger partial charge < -0.3 is 23.8 Å². The van der Waals surface area contributed by atoms with Crippen LogP contribution in [0.25, 0.3) is 11.3 Å². The zero-order chi connectivity index (χ0) is 31.9. The molecule has 6 atom stereocenters. The summed E-state index contributed by atoms with van der Waals surface area (Å²) >= 11 is 4.87. The molecule has 1 aromatic heterocycles. The fraction of sp³-hybridized carbons (Fsp3) is 0.344. The van der Waals surface area contributed by atoms with Crippen molar-refractivity contribution >= 4 is 33.6 Å². The average molecular weight is 718 g/mol. The topological polar surface area (TPSA) is 87.9 Å². The van der Waals surface area contributed by atoms with Gasteiger partial charge in [-0.2, -0.15) is 0 Å². The molecule has 0 bridgehead atoms. The number of carbonyl (C=O) groups is 1. The molecule has 3 aromatic carbocycles. The summed E-state index contributed by atoms with van der Waals surface area (Å²) in [7, 11) is 1.54. The second-order valence-corrected chi connectivity index (χ2v) is 13.2. The summed E-state index contributed by atoms with van der Waals surface area (Å²) in [6.07, 6.45) is -0.159. The molecule has 46 heavy (non-hydrogen) atoms. The number of methoxy groups -OCH3 is 1. The number of halogens is 4. The van der Waals surface area contributed by atoms with Crippen LogP contribution in [0.5, 0.6) is 0 Å². The Morgan fingerprint density at radius 1 is 1.04 bits per heavy atom. The first-order chi connectivity index (χ1) is 22.3. The van der Waals surface area contributed by atoms with E-state index >= 15 is 0 Å². The molecule has 0 spiro atoms. The van der Waals surface area contributed by atoms with E-state index in [1.165, 1.54) is 22.6 Å². The van der Waals surface area contributed by atoms with Gasteiger partial charge in [-0.05, 0) is 36.8 Å². The minimum absolute atomic E-state index is 0.0180. The van der Waals surface area contributed by atoms with Crippen molar-refractivity contribution in [3.8, 4) is 11.3 Å². The van der Waals surface area contributed by atoms with Crippen LogP contribution >= 0.6 is 27.7 Å². The maximum atomic E-state index is 14.1. The van der Waals surface area contributed by atoms with Crippen molar-refractivity contribution in [1.82, 2.24) is 19.9 Å². The first-order valence-corrected chi connectivity index (χ1v) is 16.3. The zero-order valence-corrected chi connectivity index (χ0v) is 26.8. The number of thioether (sulfide) groups is 1. The molecule has 3 fully saturated rings. The number of fused-ring (bicyclic) bond motifs is 1. The molecule has 0 radical (unpaired) electrons. The Morgan fingerprint density at radius 2 is 1.80 bits per heavy atom. The molecule has 3 aliphatic heterocycles. The third-order valence-electron chi connectivity index (χ3n) is 8.31. The smallest absolute Gasteiger partial charge is 0.254 e. The quantitative estimate of drug-likeness (QED) is 0.210. The van der Waals surface area contributed by atoms with Crippen molar-refractivity contribution in [1.29, 1.82) is 0 Å². The van der Waals surface area contributed by atoms with Crippen LogP contribution in [0, 0.1) is 17.5 Å². The molecular formula is C32H28BrF3N4O5S. The SMILES string of the molecule is COC1C(n2cc(-c3cc(F)c(F)c(F)c3)nn2)[C@H]2OC(c3ccccc3)OCC2O[C@@H]1Sc1cc(Br)ccc1C(=O)N1CCC1. The third-order valence-corrected chi connectivity index (χ3v) is 10.0. The molecule has 14 heteroatoms. The van der Waals surface area contributed by atoms with E-state index in [9.17, 15) is 18.0 Å². The molecule has 7 rings (SSSR count). The van der Waals surface area contributed by atoms with Gasteiger partial charge in [0.15, 0.2) is 23.7 Å². The van der Waals surface area contributed by atoms with Gasteiger partial charge in [-0.25, -0.2) is 17.9 Å². The van der Waals surface area contributed by atoms with E-state index in [1.807, 2.05) is 42.5 Å². The molecule has 0 saturated carbocycles. The van der Waals surface area contributed by atoms with Crippen molar-refractivity contribution in [2.45, 2.75) is 47.4 Å². The Morgan fingerprint density at radius 3 is 2.50 bits per heavy atom. The van der Waals surface area contributed by atoms with Crippen LogP contribution in [0.15, 0.2) is 76.2 Å². The fourth-order valence-corrected chi connectivity index (χ4v) is 7.68. The molecule has 0 aliphatic carbocycles. The van der Waals surface area contributed by atoms with Gasteiger partial charge in [-0.1, -0.05) is 63.2 Å². The Balaban J connectivity index is 1.25. The van der Waals surface area contributed by atoms with E-state index in [-0.39, 0.29) is 23.8 Å². The van der Waals surface area contributed by atoms with Crippen LogP contribution in [0.4, 0.5) is 13.2 Å². The minimum atomic E-state index is -1.57. The van der Waals surface area contributed by atoms with E-state index in [0.29, 0.717) is 23.5 Å². The number of amides is 1. The molecule has 4 unspecified atom stereocenters. The van der Waals surface area contributed by atoms with Gasteiger partial charge in [0.05, 0.1) is 18.4 Å². The monoisotopic (exact) mass is 716 g/mol. The van der Waals surface area contributed by atoms with Crippen LogP contribution in [-0.4, -0.2) is 76.4 Å². The van der Waals surface area contributed by atoms with Gasteiger partial charge >= 0.3 is 0 Å². The second kappa shape index (κ2) is 13.1. The van der Waals surface area contributed by atoms with Crippen LogP contribution < -0.4 is 0 Å². The highest BCUT2D eigenvalue weighted by atomic mass is 79.9. The maximum absolute atomic E-state index is 14.1. The van der Waals surface area contributed by atoms with Crippen LogP contribution in [0.1, 0.15) is 34.7 Å². The molecule has 4 aromatic rings. The first-order valence-electron chi connectivity index (χ1n) is 14.6. The number of benzene rings is 3. The molecule has 0 N–H and O–H groups in total. The number of carbonyl (C=O) groups excluding carboxylic acids is 1. The Kier molecular flexibility index (Phi) is 8.92. The summed E-state index contributed by atoms with van der Waals surface area (Å²) in [5.74, 6) is -4.30. The summed E-state index contributed by atoms with van der Waals surface area (Å²) in [4.78, 5) is 15.8. The van der Waals surface area contributed by atoms with Gasteiger partial charge in [-0.15, -0.1) is 5.10 Å². The number of nitrogens with zero attached hydrogens (tertiary/aromatic N) is 4. The minimum Gasteiger partial charge on any atom is -0.375 e. The number of likely N-dealkylation sites (tertiary alicyclic amines) is 1. The normalized spacial score (nSPS) is 26.0. The molecule has 4 heterocycles. The molecule has 9 nitrogen and oxygen atoms in total. The lowest BCUT2D eigenvalue weighted by Gasteiger charge is -2.48. The van der Waals surface area contributed by atoms with Crippen molar-refractivity contribution in [3.05, 3.63) is 99.9 Å². The van der Waals surface area contributed by atoms with E-state index in [2.05, 4.69) is 26.2 Å².